The first-order chi connectivity index (χ1) is 8.49. The van der Waals surface area contributed by atoms with E-state index in [0.717, 1.165) is 0 Å². The van der Waals surface area contributed by atoms with E-state index >= 15 is 0 Å². The van der Waals surface area contributed by atoms with Crippen LogP contribution >= 0.6 is 0 Å². The van der Waals surface area contributed by atoms with Crippen LogP contribution in [0.2, 0.25) is 0 Å². The summed E-state index contributed by atoms with van der Waals surface area (Å²) in [4.78, 5) is 0. The highest BCUT2D eigenvalue weighted by Crippen LogP contribution is 2.31. The average molecular weight is 318 g/mol. The number of hydrogen-bond donors (Lipinski definition) is 3. The molecule has 108 valence electrons. The lowest BCUT2D eigenvalue weighted by atomic mass is 11.7. The molecular formula is C6H18O9Si3. The van der Waals surface area contributed by atoms with Gasteiger partial charge in [-0.3, -0.25) is 0 Å². The van der Waals surface area contributed by atoms with E-state index in [9.17, 15) is 15.3 Å². The first-order valence-electron chi connectivity index (χ1n) is 5.07. The molecule has 0 aromatic carbocycles. The molecular weight excluding hydrogens is 300 g/mol. The maximum absolute atomic E-state index is 9.39. The SMILES string of the molecule is CO[Si]1(CO)O[Si](CO)(CO)O[Si](OC)(OC)O1. The quantitative estimate of drug-likeness (QED) is 0.453. The Hall–Kier alpha value is 0.291. The molecule has 1 aliphatic rings. The fraction of sp³-hybridized carbons (Fsp3) is 1.00. The largest absolute Gasteiger partial charge is 0.662 e. The molecule has 3 N–H and O–H groups in total. The van der Waals surface area contributed by atoms with Gasteiger partial charge in [-0.1, -0.05) is 0 Å². The lowest BCUT2D eigenvalue weighted by molar-refractivity contribution is -0.0103. The van der Waals surface area contributed by atoms with Crippen LogP contribution in [0, 0.1) is 0 Å². The topological polar surface area (TPSA) is 116 Å². The highest BCUT2D eigenvalue weighted by Gasteiger charge is 2.67. The zero-order valence-corrected chi connectivity index (χ0v) is 13.4. The fourth-order valence-electron chi connectivity index (χ4n) is 1.41. The summed E-state index contributed by atoms with van der Waals surface area (Å²) < 4.78 is 31.6. The number of aliphatic hydroxyl groups is 3. The minimum absolute atomic E-state index is 0.535. The summed E-state index contributed by atoms with van der Waals surface area (Å²) in [6, 6.07) is 0. The van der Waals surface area contributed by atoms with Crippen molar-refractivity contribution in [3.63, 3.8) is 0 Å². The maximum atomic E-state index is 9.39. The Kier molecular flexibility index (Phi) is 5.59. The van der Waals surface area contributed by atoms with Gasteiger partial charge in [-0.25, -0.2) is 0 Å². The van der Waals surface area contributed by atoms with E-state index in [1.165, 1.54) is 21.3 Å². The molecule has 0 aromatic rings. The molecule has 0 amide bonds. The van der Waals surface area contributed by atoms with Gasteiger partial charge in [0.1, 0.15) is 6.23 Å². The molecule has 0 bridgehead atoms. The second-order valence-corrected chi connectivity index (χ2v) is 12.3. The zero-order valence-electron chi connectivity index (χ0n) is 10.4. The third-order valence-corrected chi connectivity index (χ3v) is 12.9. The monoisotopic (exact) mass is 318 g/mol. The average Bonchev–Trinajstić information content (AvgIpc) is 2.46. The van der Waals surface area contributed by atoms with Crippen LogP contribution in [-0.4, -0.2) is 81.8 Å². The van der Waals surface area contributed by atoms with Crippen LogP contribution in [0.1, 0.15) is 0 Å². The molecule has 12 heteroatoms. The maximum Gasteiger partial charge on any atom is 0.662 e. The minimum atomic E-state index is -3.59. The van der Waals surface area contributed by atoms with E-state index in [1.807, 2.05) is 0 Å². The van der Waals surface area contributed by atoms with Crippen LogP contribution in [0.3, 0.4) is 0 Å². The molecule has 0 spiro atoms. The Balaban J connectivity index is 3.13. The van der Waals surface area contributed by atoms with E-state index in [-0.39, 0.29) is 0 Å². The molecule has 1 fully saturated rings. The van der Waals surface area contributed by atoms with Crippen molar-refractivity contribution in [3.05, 3.63) is 0 Å². The van der Waals surface area contributed by atoms with Crippen LogP contribution in [0.25, 0.3) is 0 Å². The third kappa shape index (κ3) is 2.89. The predicted molar refractivity (Wildman–Crippen MR) is 62.8 cm³/mol. The van der Waals surface area contributed by atoms with Crippen LogP contribution in [0.15, 0.2) is 0 Å². The van der Waals surface area contributed by atoms with Crippen molar-refractivity contribution < 1.29 is 40.9 Å². The molecule has 1 atom stereocenters. The number of rotatable bonds is 6. The summed E-state index contributed by atoms with van der Waals surface area (Å²) in [5, 5.41) is 28.2. The second kappa shape index (κ2) is 6.16. The van der Waals surface area contributed by atoms with Crippen LogP contribution in [0.4, 0.5) is 0 Å². The Labute approximate surface area is 108 Å². The highest BCUT2D eigenvalue weighted by atomic mass is 28.5. The van der Waals surface area contributed by atoms with Crippen molar-refractivity contribution in [2.24, 2.45) is 0 Å². The van der Waals surface area contributed by atoms with E-state index in [1.54, 1.807) is 0 Å². The van der Waals surface area contributed by atoms with Gasteiger partial charge in [0.15, 0.2) is 0 Å². The molecule has 1 aliphatic heterocycles. The van der Waals surface area contributed by atoms with E-state index in [0.29, 0.717) is 0 Å². The lowest BCUT2D eigenvalue weighted by Crippen LogP contribution is -2.76. The summed E-state index contributed by atoms with van der Waals surface area (Å²) in [5.41, 5.74) is 0. The predicted octanol–water partition coefficient (Wildman–Crippen LogP) is -2.60. The summed E-state index contributed by atoms with van der Waals surface area (Å²) in [6.45, 7) is 0. The summed E-state index contributed by atoms with van der Waals surface area (Å²) >= 11 is 0. The molecule has 18 heavy (non-hydrogen) atoms. The molecule has 1 rings (SSSR count). The molecule has 1 heterocycles. The standard InChI is InChI=1S/C6H18O9Si3/c1-10-17(6-9)13-16(4-7,5-8)14-18(11-2,12-3)15-17/h7-9H,4-6H2,1-3H3. The normalized spacial score (nSPS) is 30.3. The van der Waals surface area contributed by atoms with Crippen molar-refractivity contribution in [3.8, 4) is 0 Å². The van der Waals surface area contributed by atoms with Gasteiger partial charge >= 0.3 is 26.4 Å². The van der Waals surface area contributed by atoms with E-state index in [2.05, 4.69) is 0 Å². The first kappa shape index (κ1) is 16.3. The van der Waals surface area contributed by atoms with Crippen molar-refractivity contribution >= 4 is 26.4 Å². The van der Waals surface area contributed by atoms with Gasteiger partial charge in [0.2, 0.25) is 0 Å². The second-order valence-electron chi connectivity index (χ2n) is 3.49. The molecule has 0 radical (unpaired) electrons. The Bertz CT molecular complexity index is 210. The van der Waals surface area contributed by atoms with Crippen LogP contribution in [-0.2, 0) is 25.6 Å². The molecule has 1 unspecified atom stereocenters. The van der Waals surface area contributed by atoms with E-state index in [4.69, 9.17) is 25.6 Å². The Morgan fingerprint density at radius 1 is 0.778 bits per heavy atom. The van der Waals surface area contributed by atoms with Crippen LogP contribution in [0.5, 0.6) is 0 Å². The van der Waals surface area contributed by atoms with Gasteiger partial charge in [0.05, 0.1) is 12.5 Å². The fourth-order valence-corrected chi connectivity index (χ4v) is 12.6. The number of aliphatic hydroxyl groups excluding tert-OH is 3. The van der Waals surface area contributed by atoms with Gasteiger partial charge < -0.3 is 40.9 Å². The summed E-state index contributed by atoms with van der Waals surface area (Å²) in [6.07, 6.45) is -1.61. The minimum Gasteiger partial charge on any atom is -0.394 e. The van der Waals surface area contributed by atoms with Crippen molar-refractivity contribution in [1.82, 2.24) is 0 Å². The third-order valence-electron chi connectivity index (χ3n) is 2.42. The molecule has 1 saturated heterocycles. The molecule has 9 nitrogen and oxygen atoms in total. The Morgan fingerprint density at radius 3 is 1.67 bits per heavy atom. The van der Waals surface area contributed by atoms with Gasteiger partial charge in [0.25, 0.3) is 0 Å². The van der Waals surface area contributed by atoms with Crippen molar-refractivity contribution in [2.75, 3.05) is 40.0 Å². The zero-order chi connectivity index (χ0) is 13.9. The summed E-state index contributed by atoms with van der Waals surface area (Å²) in [7, 11) is -6.59. The van der Waals surface area contributed by atoms with Crippen molar-refractivity contribution in [2.45, 2.75) is 0 Å². The molecule has 0 aliphatic carbocycles. The Morgan fingerprint density at radius 2 is 1.33 bits per heavy atom. The van der Waals surface area contributed by atoms with E-state index < -0.39 is 45.1 Å². The summed E-state index contributed by atoms with van der Waals surface area (Å²) in [5.74, 6) is 0. The van der Waals surface area contributed by atoms with Crippen LogP contribution < -0.4 is 0 Å². The first-order valence-corrected chi connectivity index (χ1v) is 10.9. The van der Waals surface area contributed by atoms with Gasteiger partial charge in [-0.15, -0.1) is 0 Å². The van der Waals surface area contributed by atoms with Gasteiger partial charge in [-0.2, -0.15) is 0 Å². The lowest BCUT2D eigenvalue weighted by Gasteiger charge is -2.46. The highest BCUT2D eigenvalue weighted by molar-refractivity contribution is 6.89. The van der Waals surface area contributed by atoms with Gasteiger partial charge in [0, 0.05) is 21.3 Å². The number of hydrogen-bond acceptors (Lipinski definition) is 9. The smallest absolute Gasteiger partial charge is 0.394 e. The molecule has 0 aromatic heterocycles. The van der Waals surface area contributed by atoms with Gasteiger partial charge in [-0.05, 0) is 0 Å². The molecule has 0 saturated carbocycles. The van der Waals surface area contributed by atoms with Crippen molar-refractivity contribution in [1.29, 1.82) is 0 Å².